The number of hydrogen-bond acceptors (Lipinski definition) is 2. The molecule has 0 spiro atoms. The minimum Gasteiger partial charge on any atom is -0.376 e. The Kier molecular flexibility index (Phi) is 8.39. The van der Waals surface area contributed by atoms with Gasteiger partial charge in [0, 0.05) is 39.2 Å². The van der Waals surface area contributed by atoms with Crippen molar-refractivity contribution in [3.05, 3.63) is 173 Å². The van der Waals surface area contributed by atoms with Gasteiger partial charge >= 0.3 is 6.85 Å². The van der Waals surface area contributed by atoms with Gasteiger partial charge in [0.25, 0.3) is 0 Å². The fourth-order valence-corrected chi connectivity index (χ4v) is 10.3. The summed E-state index contributed by atoms with van der Waals surface area (Å²) in [6.07, 6.45) is 0. The quantitative estimate of drug-likeness (QED) is 0.165. The van der Waals surface area contributed by atoms with E-state index in [9.17, 15) is 0 Å². The van der Waals surface area contributed by atoms with Gasteiger partial charge in [-0.3, -0.25) is 0 Å². The van der Waals surface area contributed by atoms with Gasteiger partial charge in [-0.05, 0) is 108 Å². The summed E-state index contributed by atoms with van der Waals surface area (Å²) in [5.74, 6) is 0. The number of para-hydroxylation sites is 1. The molecule has 3 aliphatic rings. The van der Waals surface area contributed by atoms with E-state index >= 15 is 0 Å². The molecule has 0 atom stereocenters. The summed E-state index contributed by atoms with van der Waals surface area (Å²) in [6.45, 7) is 25.7. The maximum atomic E-state index is 2.69. The van der Waals surface area contributed by atoms with E-state index in [0.29, 0.717) is 0 Å². The molecule has 0 bridgehead atoms. The first-order valence-electron chi connectivity index (χ1n) is 21.9. The summed E-state index contributed by atoms with van der Waals surface area (Å²) in [7, 11) is 0. The summed E-state index contributed by atoms with van der Waals surface area (Å²) < 4.78 is 0. The summed E-state index contributed by atoms with van der Waals surface area (Å²) >= 11 is 0. The molecule has 0 saturated heterocycles. The zero-order valence-electron chi connectivity index (χ0n) is 37.3. The smallest absolute Gasteiger partial charge is 0.333 e. The Balaban J connectivity index is 1.38. The van der Waals surface area contributed by atoms with Crippen molar-refractivity contribution in [3.63, 3.8) is 0 Å². The lowest BCUT2D eigenvalue weighted by Gasteiger charge is -2.47. The Morgan fingerprint density at radius 1 is 0.450 bits per heavy atom. The molecule has 0 aromatic heterocycles. The maximum absolute atomic E-state index is 2.69. The van der Waals surface area contributed by atoms with Crippen LogP contribution < -0.4 is 20.6 Å². The number of nitrogens with zero attached hydrogens (tertiary/aromatic N) is 2. The van der Waals surface area contributed by atoms with E-state index < -0.39 is 0 Å². The van der Waals surface area contributed by atoms with Crippen LogP contribution in [-0.2, 0) is 21.7 Å². The molecule has 2 aliphatic heterocycles. The normalized spacial score (nSPS) is 14.9. The average Bonchev–Trinajstić information content (AvgIpc) is 3.46. The Bertz CT molecular complexity index is 2840. The van der Waals surface area contributed by atoms with Crippen LogP contribution in [0.4, 0.5) is 28.4 Å². The highest BCUT2D eigenvalue weighted by Gasteiger charge is 2.49. The van der Waals surface area contributed by atoms with Crippen molar-refractivity contribution in [1.82, 2.24) is 0 Å². The molecule has 0 amide bonds. The molecule has 298 valence electrons. The van der Waals surface area contributed by atoms with Crippen LogP contribution in [0.15, 0.2) is 146 Å². The van der Waals surface area contributed by atoms with Crippen molar-refractivity contribution in [3.8, 4) is 33.4 Å². The van der Waals surface area contributed by atoms with E-state index in [1.54, 1.807) is 0 Å². The van der Waals surface area contributed by atoms with Crippen molar-refractivity contribution >= 4 is 46.2 Å². The average molecular weight is 781 g/mol. The molecule has 3 heteroatoms. The Labute approximate surface area is 359 Å². The highest BCUT2D eigenvalue weighted by molar-refractivity contribution is 6.93. The molecule has 7 aromatic carbocycles. The van der Waals surface area contributed by atoms with E-state index in [4.69, 9.17) is 0 Å². The second-order valence-corrected chi connectivity index (χ2v) is 21.1. The number of anilines is 5. The van der Waals surface area contributed by atoms with E-state index in [2.05, 4.69) is 231 Å². The minimum absolute atomic E-state index is 0.0186. The first-order chi connectivity index (χ1) is 28.4. The van der Waals surface area contributed by atoms with E-state index in [1.165, 1.54) is 101 Å². The van der Waals surface area contributed by atoms with Gasteiger partial charge in [-0.15, -0.1) is 0 Å². The predicted octanol–water partition coefficient (Wildman–Crippen LogP) is 14.3. The second kappa shape index (κ2) is 13.1. The van der Waals surface area contributed by atoms with Gasteiger partial charge in [0.05, 0.1) is 11.4 Å². The van der Waals surface area contributed by atoms with E-state index in [1.807, 2.05) is 0 Å². The lowest BCUT2D eigenvalue weighted by Crippen LogP contribution is -2.62. The number of rotatable bonds is 3. The second-order valence-electron chi connectivity index (χ2n) is 21.1. The van der Waals surface area contributed by atoms with Crippen molar-refractivity contribution in [2.24, 2.45) is 0 Å². The molecule has 1 aliphatic carbocycles. The van der Waals surface area contributed by atoms with Crippen molar-refractivity contribution < 1.29 is 0 Å². The molecule has 2 nitrogen and oxygen atoms in total. The Morgan fingerprint density at radius 2 is 1.05 bits per heavy atom. The van der Waals surface area contributed by atoms with Gasteiger partial charge in [0.15, 0.2) is 0 Å². The highest BCUT2D eigenvalue weighted by Crippen LogP contribution is 2.57. The summed E-state index contributed by atoms with van der Waals surface area (Å²) in [6, 6.07) is 56.1. The molecule has 0 N–H and O–H groups in total. The molecule has 7 aromatic rings. The number of benzene rings is 7. The molecule has 10 rings (SSSR count). The van der Waals surface area contributed by atoms with Crippen LogP contribution in [0.25, 0.3) is 33.4 Å². The largest absolute Gasteiger partial charge is 0.376 e. The van der Waals surface area contributed by atoms with Crippen molar-refractivity contribution in [2.75, 3.05) is 9.71 Å². The summed E-state index contributed by atoms with van der Waals surface area (Å²) in [4.78, 5) is 5.35. The Morgan fingerprint density at radius 3 is 1.73 bits per heavy atom. The van der Waals surface area contributed by atoms with Gasteiger partial charge in [0.1, 0.15) is 0 Å². The van der Waals surface area contributed by atoms with Crippen LogP contribution in [0.5, 0.6) is 0 Å². The summed E-state index contributed by atoms with van der Waals surface area (Å²) in [5, 5.41) is 0. The first kappa shape index (κ1) is 38.4. The lowest BCUT2D eigenvalue weighted by molar-refractivity contribution is 0.590. The van der Waals surface area contributed by atoms with Gasteiger partial charge < -0.3 is 9.71 Å². The van der Waals surface area contributed by atoms with Crippen LogP contribution >= 0.6 is 0 Å². The fraction of sp³-hybridized carbons (Fsp3) is 0.263. The summed E-state index contributed by atoms with van der Waals surface area (Å²) in [5.41, 5.74) is 23.2. The number of fused-ring (bicyclic) bond motifs is 8. The van der Waals surface area contributed by atoms with Crippen LogP contribution in [0.3, 0.4) is 0 Å². The third kappa shape index (κ3) is 5.76. The predicted molar refractivity (Wildman–Crippen MR) is 259 cm³/mol. The van der Waals surface area contributed by atoms with Crippen LogP contribution in [-0.4, -0.2) is 6.85 Å². The SMILES string of the molecule is CC(C)(C)c1ccc(N2B3c4ccc5c(c4N(c4ccc(C(C)(C)C)cc4-c4ccccc4)c4cc(C(C)(C)C)cc(c43)-c3ccccc32)-c2ccccc2C5(C)C)cc1. The van der Waals surface area contributed by atoms with Gasteiger partial charge in [-0.1, -0.05) is 185 Å². The van der Waals surface area contributed by atoms with Gasteiger partial charge in [-0.2, -0.15) is 0 Å². The highest BCUT2D eigenvalue weighted by atomic mass is 15.2. The first-order valence-corrected chi connectivity index (χ1v) is 21.9. The standard InChI is InChI=1S/C57H57BN2/c1-54(2,3)37-25-28-40(29-26-37)60-49-24-18-16-21-41(49)44-34-39(56(7,8)9)35-50-52(44)58(60)47-31-30-46-51(42-22-15-17-23-45(42)57(46,10)11)53(47)59(50)48-32-27-38(55(4,5)6)33-43(48)36-19-13-12-14-20-36/h12-35H,1-11H3. The van der Waals surface area contributed by atoms with Gasteiger partial charge in [-0.25, -0.2) is 0 Å². The third-order valence-electron chi connectivity index (χ3n) is 13.7. The molecule has 60 heavy (non-hydrogen) atoms. The van der Waals surface area contributed by atoms with Crippen LogP contribution in [0.2, 0.25) is 0 Å². The maximum Gasteiger partial charge on any atom is 0.333 e. The molecule has 0 saturated carbocycles. The van der Waals surface area contributed by atoms with Crippen LogP contribution in [0, 0.1) is 0 Å². The third-order valence-corrected chi connectivity index (χ3v) is 13.7. The van der Waals surface area contributed by atoms with Crippen LogP contribution in [0.1, 0.15) is 104 Å². The topological polar surface area (TPSA) is 6.48 Å². The zero-order valence-corrected chi connectivity index (χ0v) is 37.3. The van der Waals surface area contributed by atoms with E-state index in [-0.39, 0.29) is 28.5 Å². The fourth-order valence-electron chi connectivity index (χ4n) is 10.3. The monoisotopic (exact) mass is 780 g/mol. The molecule has 2 heterocycles. The zero-order chi connectivity index (χ0) is 42.1. The molecule has 0 radical (unpaired) electrons. The van der Waals surface area contributed by atoms with E-state index in [0.717, 1.165) is 0 Å². The van der Waals surface area contributed by atoms with Crippen molar-refractivity contribution in [1.29, 1.82) is 0 Å². The molecular formula is C57H57BN2. The number of hydrogen-bond donors (Lipinski definition) is 0. The molecule has 0 fully saturated rings. The van der Waals surface area contributed by atoms with Crippen molar-refractivity contribution in [2.45, 2.75) is 97.8 Å². The van der Waals surface area contributed by atoms with Gasteiger partial charge in [0.2, 0.25) is 0 Å². The minimum atomic E-state index is -0.161. The Hall–Kier alpha value is -5.80. The molecular weight excluding hydrogens is 723 g/mol. The molecule has 0 unspecified atom stereocenters. The lowest BCUT2D eigenvalue weighted by atomic mass is 9.43.